The van der Waals surface area contributed by atoms with Crippen LogP contribution < -0.4 is 9.80 Å². The molecule has 0 N–H and O–H groups in total. The molecule has 0 saturated carbocycles. The molecule has 7 nitrogen and oxygen atoms in total. The Kier molecular flexibility index (Phi) is 3.10. The van der Waals surface area contributed by atoms with Crippen LogP contribution in [0.15, 0.2) is 36.8 Å². The van der Waals surface area contributed by atoms with Gasteiger partial charge in [-0.15, -0.1) is 0 Å². The Balaban J connectivity index is 1.57. The van der Waals surface area contributed by atoms with Gasteiger partial charge >= 0.3 is 0 Å². The second kappa shape index (κ2) is 5.25. The summed E-state index contributed by atoms with van der Waals surface area (Å²) < 4.78 is 1.81. The predicted molar refractivity (Wildman–Crippen MR) is 84.2 cm³/mol. The Morgan fingerprint density at radius 3 is 2.59 bits per heavy atom. The summed E-state index contributed by atoms with van der Waals surface area (Å²) in [6.45, 7) is 5.72. The fraction of sp³-hybridized carbons (Fsp3) is 0.333. The van der Waals surface area contributed by atoms with Crippen LogP contribution in [0.5, 0.6) is 0 Å². The highest BCUT2D eigenvalue weighted by Crippen LogP contribution is 2.19. The second-order valence-corrected chi connectivity index (χ2v) is 5.39. The summed E-state index contributed by atoms with van der Waals surface area (Å²) in [6, 6.07) is 8.10. The summed E-state index contributed by atoms with van der Waals surface area (Å²) in [5.74, 6) is 2.75. The van der Waals surface area contributed by atoms with Crippen molar-refractivity contribution in [3.05, 3.63) is 42.5 Å². The zero-order valence-corrected chi connectivity index (χ0v) is 12.4. The molecular weight excluding hydrogens is 278 g/mol. The van der Waals surface area contributed by atoms with Crippen molar-refractivity contribution in [2.24, 2.45) is 0 Å². The van der Waals surface area contributed by atoms with Crippen LogP contribution in [-0.2, 0) is 0 Å². The molecule has 112 valence electrons. The standard InChI is InChI=1S/C15H17N7/c1-12-10-14(22-15(19-12)17-11-18-22)21-8-6-20(7-9-21)13-4-2-3-5-16-13/h2-5,10-11H,6-9H2,1H3. The fourth-order valence-electron chi connectivity index (χ4n) is 2.84. The van der Waals surface area contributed by atoms with Gasteiger partial charge in [0.2, 0.25) is 0 Å². The molecule has 0 amide bonds. The van der Waals surface area contributed by atoms with Gasteiger partial charge in [-0.1, -0.05) is 6.07 Å². The number of hydrogen-bond donors (Lipinski definition) is 0. The zero-order chi connectivity index (χ0) is 14.9. The fourth-order valence-corrected chi connectivity index (χ4v) is 2.84. The Hall–Kier alpha value is -2.70. The van der Waals surface area contributed by atoms with Gasteiger partial charge in [0.15, 0.2) is 0 Å². The Bertz CT molecular complexity index is 775. The minimum Gasteiger partial charge on any atom is -0.353 e. The smallest absolute Gasteiger partial charge is 0.254 e. The van der Waals surface area contributed by atoms with Crippen LogP contribution in [0.25, 0.3) is 5.78 Å². The molecule has 1 aliphatic rings. The van der Waals surface area contributed by atoms with E-state index in [0.717, 1.165) is 43.5 Å². The van der Waals surface area contributed by atoms with E-state index in [4.69, 9.17) is 0 Å². The van der Waals surface area contributed by atoms with Gasteiger partial charge in [-0.2, -0.15) is 14.6 Å². The first-order valence-electron chi connectivity index (χ1n) is 7.39. The number of hydrogen-bond acceptors (Lipinski definition) is 6. The third-order valence-corrected chi connectivity index (χ3v) is 3.94. The maximum atomic E-state index is 4.43. The van der Waals surface area contributed by atoms with Crippen molar-refractivity contribution in [1.29, 1.82) is 0 Å². The average molecular weight is 295 g/mol. The number of piperazine rings is 1. The lowest BCUT2D eigenvalue weighted by Gasteiger charge is -2.36. The van der Waals surface area contributed by atoms with E-state index < -0.39 is 0 Å². The monoisotopic (exact) mass is 295 g/mol. The van der Waals surface area contributed by atoms with Crippen LogP contribution in [-0.4, -0.2) is 50.7 Å². The van der Waals surface area contributed by atoms with Crippen molar-refractivity contribution in [2.45, 2.75) is 6.92 Å². The van der Waals surface area contributed by atoms with Crippen LogP contribution in [0.1, 0.15) is 5.69 Å². The van der Waals surface area contributed by atoms with E-state index in [1.54, 1.807) is 6.33 Å². The van der Waals surface area contributed by atoms with E-state index in [0.29, 0.717) is 5.78 Å². The lowest BCUT2D eigenvalue weighted by atomic mass is 10.3. The summed E-state index contributed by atoms with van der Waals surface area (Å²) in [7, 11) is 0. The molecule has 0 radical (unpaired) electrons. The van der Waals surface area contributed by atoms with E-state index in [1.165, 1.54) is 0 Å². The van der Waals surface area contributed by atoms with Crippen molar-refractivity contribution in [3.8, 4) is 0 Å². The highest BCUT2D eigenvalue weighted by molar-refractivity contribution is 5.49. The molecule has 4 heterocycles. The Morgan fingerprint density at radius 1 is 1.00 bits per heavy atom. The third kappa shape index (κ3) is 2.24. The van der Waals surface area contributed by atoms with E-state index in [-0.39, 0.29) is 0 Å². The zero-order valence-electron chi connectivity index (χ0n) is 12.4. The SMILES string of the molecule is Cc1cc(N2CCN(c3ccccn3)CC2)n2ncnc2n1. The number of aryl methyl sites for hydroxylation is 1. The summed E-state index contributed by atoms with van der Waals surface area (Å²) in [5.41, 5.74) is 0.961. The molecule has 0 aliphatic carbocycles. The molecule has 0 unspecified atom stereocenters. The molecule has 3 aromatic rings. The summed E-state index contributed by atoms with van der Waals surface area (Å²) in [5, 5.41) is 4.29. The van der Waals surface area contributed by atoms with Crippen LogP contribution in [0.3, 0.4) is 0 Å². The molecule has 0 spiro atoms. The number of anilines is 2. The van der Waals surface area contributed by atoms with Crippen LogP contribution in [0.2, 0.25) is 0 Å². The van der Waals surface area contributed by atoms with Gasteiger partial charge in [0.25, 0.3) is 5.78 Å². The van der Waals surface area contributed by atoms with Gasteiger partial charge in [0.05, 0.1) is 0 Å². The highest BCUT2D eigenvalue weighted by atomic mass is 15.4. The molecule has 1 fully saturated rings. The van der Waals surface area contributed by atoms with Crippen LogP contribution in [0, 0.1) is 6.92 Å². The van der Waals surface area contributed by atoms with Gasteiger partial charge in [-0.3, -0.25) is 0 Å². The number of nitrogens with zero attached hydrogens (tertiary/aromatic N) is 7. The lowest BCUT2D eigenvalue weighted by Crippen LogP contribution is -2.47. The number of aromatic nitrogens is 5. The molecule has 4 rings (SSSR count). The van der Waals surface area contributed by atoms with Crippen molar-refractivity contribution in [3.63, 3.8) is 0 Å². The third-order valence-electron chi connectivity index (χ3n) is 3.94. The van der Waals surface area contributed by atoms with Crippen molar-refractivity contribution >= 4 is 17.4 Å². The number of fused-ring (bicyclic) bond motifs is 1. The largest absolute Gasteiger partial charge is 0.353 e. The maximum absolute atomic E-state index is 4.43. The van der Waals surface area contributed by atoms with Gasteiger partial charge in [0, 0.05) is 44.1 Å². The van der Waals surface area contributed by atoms with Gasteiger partial charge < -0.3 is 9.80 Å². The molecule has 0 atom stereocenters. The average Bonchev–Trinajstić information content (AvgIpc) is 3.03. The van der Waals surface area contributed by atoms with Gasteiger partial charge in [-0.25, -0.2) is 9.97 Å². The number of rotatable bonds is 2. The van der Waals surface area contributed by atoms with E-state index in [9.17, 15) is 0 Å². The van der Waals surface area contributed by atoms with Crippen LogP contribution >= 0.6 is 0 Å². The first-order valence-corrected chi connectivity index (χ1v) is 7.39. The van der Waals surface area contributed by atoms with Gasteiger partial charge in [-0.05, 0) is 19.1 Å². The van der Waals surface area contributed by atoms with Crippen molar-refractivity contribution in [2.75, 3.05) is 36.0 Å². The molecule has 3 aromatic heterocycles. The normalized spacial score (nSPS) is 15.5. The Morgan fingerprint density at radius 2 is 1.82 bits per heavy atom. The second-order valence-electron chi connectivity index (χ2n) is 5.39. The summed E-state index contributed by atoms with van der Waals surface area (Å²) in [6.07, 6.45) is 3.39. The first kappa shape index (κ1) is 13.0. The predicted octanol–water partition coefficient (Wildman–Crippen LogP) is 1.15. The van der Waals surface area contributed by atoms with Crippen molar-refractivity contribution < 1.29 is 0 Å². The van der Waals surface area contributed by atoms with E-state index >= 15 is 0 Å². The van der Waals surface area contributed by atoms with Crippen LogP contribution in [0.4, 0.5) is 11.6 Å². The molecule has 7 heteroatoms. The van der Waals surface area contributed by atoms with E-state index in [2.05, 4.69) is 42.0 Å². The molecular formula is C15H17N7. The summed E-state index contributed by atoms with van der Waals surface area (Å²) in [4.78, 5) is 17.7. The minimum atomic E-state index is 0.655. The molecule has 1 saturated heterocycles. The molecule has 0 bridgehead atoms. The molecule has 0 aromatic carbocycles. The topological polar surface area (TPSA) is 62.5 Å². The quantitative estimate of drug-likeness (QED) is 0.707. The lowest BCUT2D eigenvalue weighted by molar-refractivity contribution is 0.633. The maximum Gasteiger partial charge on any atom is 0.254 e. The minimum absolute atomic E-state index is 0.655. The molecule has 22 heavy (non-hydrogen) atoms. The summed E-state index contributed by atoms with van der Waals surface area (Å²) >= 11 is 0. The molecule has 1 aliphatic heterocycles. The first-order chi connectivity index (χ1) is 10.8. The van der Waals surface area contributed by atoms with E-state index in [1.807, 2.05) is 29.8 Å². The highest BCUT2D eigenvalue weighted by Gasteiger charge is 2.20. The van der Waals surface area contributed by atoms with Crippen molar-refractivity contribution in [1.82, 2.24) is 24.6 Å². The van der Waals surface area contributed by atoms with Gasteiger partial charge in [0.1, 0.15) is 18.0 Å². The Labute approximate surface area is 128 Å². The number of pyridine rings is 1.